The molecule has 3 N–H and O–H groups in total. The lowest BCUT2D eigenvalue weighted by Gasteiger charge is -2.18. The van der Waals surface area contributed by atoms with Crippen molar-refractivity contribution in [3.8, 4) is 5.75 Å². The molecule has 0 aliphatic carbocycles. The zero-order valence-electron chi connectivity index (χ0n) is 18.9. The third-order valence-corrected chi connectivity index (χ3v) is 5.93. The molecule has 1 heterocycles. The fraction of sp³-hybridized carbons (Fsp3) is 0.259. The molecule has 0 aromatic heterocycles. The van der Waals surface area contributed by atoms with Crippen LogP contribution in [0.3, 0.4) is 0 Å². The van der Waals surface area contributed by atoms with Gasteiger partial charge >= 0.3 is 5.97 Å². The number of aliphatic carboxylic acids is 1. The van der Waals surface area contributed by atoms with E-state index in [9.17, 15) is 9.59 Å². The normalized spacial score (nSPS) is 13.0. The van der Waals surface area contributed by atoms with Crippen LogP contribution in [0.1, 0.15) is 28.7 Å². The minimum Gasteiger partial charge on any atom is -0.489 e. The summed E-state index contributed by atoms with van der Waals surface area (Å²) in [6.07, 6.45) is 2.52. The lowest BCUT2D eigenvalue weighted by Crippen LogP contribution is -2.38. The van der Waals surface area contributed by atoms with Gasteiger partial charge in [0.1, 0.15) is 18.4 Å². The van der Waals surface area contributed by atoms with Crippen LogP contribution in [0.15, 0.2) is 72.8 Å². The molecular weight excluding hydrogens is 452 g/mol. The van der Waals surface area contributed by atoms with E-state index in [0.717, 1.165) is 35.4 Å². The number of halogens is 1. The van der Waals surface area contributed by atoms with Crippen LogP contribution in [0.25, 0.3) is 0 Å². The molecule has 34 heavy (non-hydrogen) atoms. The summed E-state index contributed by atoms with van der Waals surface area (Å²) < 4.78 is 5.98. The SMILES string of the molecule is Cl.NC(CC(=O)N1CCc2cc(OCc3ccc(CCc4ccccc4)cc3)ccc21)C(=O)O. The number of anilines is 1. The van der Waals surface area contributed by atoms with Crippen molar-refractivity contribution >= 4 is 30.0 Å². The average Bonchev–Trinajstić information content (AvgIpc) is 3.26. The maximum absolute atomic E-state index is 12.4. The lowest BCUT2D eigenvalue weighted by atomic mass is 10.0. The summed E-state index contributed by atoms with van der Waals surface area (Å²) in [5.74, 6) is -0.696. The number of carboxylic acids is 1. The summed E-state index contributed by atoms with van der Waals surface area (Å²) in [4.78, 5) is 25.0. The van der Waals surface area contributed by atoms with Gasteiger partial charge in [-0.3, -0.25) is 9.59 Å². The zero-order valence-corrected chi connectivity index (χ0v) is 19.7. The standard InChI is InChI=1S/C27H28N2O4.ClH/c28-24(27(31)32)17-26(30)29-15-14-22-16-23(12-13-25(22)29)33-18-21-10-8-20(9-11-21)7-6-19-4-2-1-3-5-19;/h1-5,8-13,16,24H,6-7,14-15,17-18,28H2,(H,31,32);1H. The van der Waals surface area contributed by atoms with E-state index >= 15 is 0 Å². The molecular formula is C27H29ClN2O4. The average molecular weight is 481 g/mol. The molecule has 3 aromatic carbocycles. The quantitative estimate of drug-likeness (QED) is 0.479. The Hall–Kier alpha value is -3.35. The van der Waals surface area contributed by atoms with Gasteiger partial charge in [0, 0.05) is 12.2 Å². The summed E-state index contributed by atoms with van der Waals surface area (Å²) >= 11 is 0. The Bertz CT molecular complexity index is 1120. The second kappa shape index (κ2) is 11.7. The van der Waals surface area contributed by atoms with Gasteiger partial charge in [-0.1, -0.05) is 54.6 Å². The summed E-state index contributed by atoms with van der Waals surface area (Å²) in [6, 6.07) is 23.4. The van der Waals surface area contributed by atoms with Crippen molar-refractivity contribution in [1.82, 2.24) is 0 Å². The van der Waals surface area contributed by atoms with Crippen LogP contribution in [-0.4, -0.2) is 29.6 Å². The summed E-state index contributed by atoms with van der Waals surface area (Å²) in [7, 11) is 0. The van der Waals surface area contributed by atoms with E-state index in [1.54, 1.807) is 4.90 Å². The number of carbonyl (C=O) groups excluding carboxylic acids is 1. The number of rotatable bonds is 9. The van der Waals surface area contributed by atoms with Crippen LogP contribution in [0.4, 0.5) is 5.69 Å². The first kappa shape index (κ1) is 25.3. The van der Waals surface area contributed by atoms with Crippen LogP contribution in [0.2, 0.25) is 0 Å². The highest BCUT2D eigenvalue weighted by Crippen LogP contribution is 2.32. The molecule has 0 fully saturated rings. The molecule has 6 nitrogen and oxygen atoms in total. The maximum atomic E-state index is 12.4. The monoisotopic (exact) mass is 480 g/mol. The van der Waals surface area contributed by atoms with Crippen LogP contribution >= 0.6 is 12.4 Å². The number of aryl methyl sites for hydroxylation is 2. The van der Waals surface area contributed by atoms with Crippen LogP contribution < -0.4 is 15.4 Å². The second-order valence-electron chi connectivity index (χ2n) is 8.33. The smallest absolute Gasteiger partial charge is 0.321 e. The Labute approximate surface area is 205 Å². The predicted octanol–water partition coefficient (Wildman–Crippen LogP) is 4.16. The van der Waals surface area contributed by atoms with E-state index in [2.05, 4.69) is 48.5 Å². The number of benzene rings is 3. The zero-order chi connectivity index (χ0) is 23.2. The molecule has 0 radical (unpaired) electrons. The topological polar surface area (TPSA) is 92.9 Å². The number of fused-ring (bicyclic) bond motifs is 1. The van der Waals surface area contributed by atoms with Gasteiger partial charge in [-0.05, 0) is 59.7 Å². The Kier molecular flexibility index (Phi) is 8.68. The number of hydrogen-bond acceptors (Lipinski definition) is 4. The summed E-state index contributed by atoms with van der Waals surface area (Å²) in [5.41, 5.74) is 11.1. The minimum absolute atomic E-state index is 0. The van der Waals surface area contributed by atoms with E-state index in [1.165, 1.54) is 11.1 Å². The molecule has 7 heteroatoms. The summed E-state index contributed by atoms with van der Waals surface area (Å²) in [6.45, 7) is 0.988. The van der Waals surface area contributed by atoms with E-state index in [-0.39, 0.29) is 24.7 Å². The van der Waals surface area contributed by atoms with E-state index in [4.69, 9.17) is 15.6 Å². The highest BCUT2D eigenvalue weighted by Gasteiger charge is 2.27. The van der Waals surface area contributed by atoms with Crippen molar-refractivity contribution in [2.45, 2.75) is 38.3 Å². The third kappa shape index (κ3) is 6.37. The van der Waals surface area contributed by atoms with E-state index < -0.39 is 12.0 Å². The van der Waals surface area contributed by atoms with Gasteiger partial charge in [-0.25, -0.2) is 0 Å². The van der Waals surface area contributed by atoms with Crippen molar-refractivity contribution in [2.75, 3.05) is 11.4 Å². The minimum atomic E-state index is -1.19. The molecule has 1 atom stereocenters. The molecule has 1 amide bonds. The first-order valence-electron chi connectivity index (χ1n) is 11.2. The van der Waals surface area contributed by atoms with E-state index in [1.807, 2.05) is 24.3 Å². The van der Waals surface area contributed by atoms with Gasteiger partial charge in [0.2, 0.25) is 5.91 Å². The van der Waals surface area contributed by atoms with Crippen LogP contribution in [0, 0.1) is 0 Å². The number of amides is 1. The molecule has 178 valence electrons. The van der Waals surface area contributed by atoms with Gasteiger partial charge in [-0.15, -0.1) is 12.4 Å². The molecule has 1 aliphatic heterocycles. The summed E-state index contributed by atoms with van der Waals surface area (Å²) in [5, 5.41) is 8.94. The number of hydrogen-bond donors (Lipinski definition) is 2. The number of carbonyl (C=O) groups is 2. The molecule has 4 rings (SSSR count). The van der Waals surface area contributed by atoms with Crippen LogP contribution in [0.5, 0.6) is 5.75 Å². The molecule has 1 unspecified atom stereocenters. The fourth-order valence-electron chi connectivity index (χ4n) is 4.01. The Balaban J connectivity index is 0.00000324. The Morgan fingerprint density at radius 3 is 2.26 bits per heavy atom. The fourth-order valence-corrected chi connectivity index (χ4v) is 4.01. The molecule has 0 saturated carbocycles. The molecule has 0 bridgehead atoms. The number of nitrogens with zero attached hydrogens (tertiary/aromatic N) is 1. The first-order chi connectivity index (χ1) is 16.0. The third-order valence-electron chi connectivity index (χ3n) is 5.93. The van der Waals surface area contributed by atoms with Crippen molar-refractivity contribution in [3.63, 3.8) is 0 Å². The number of ether oxygens (including phenoxy) is 1. The first-order valence-corrected chi connectivity index (χ1v) is 11.2. The van der Waals surface area contributed by atoms with Crippen molar-refractivity contribution in [3.05, 3.63) is 95.1 Å². The second-order valence-corrected chi connectivity index (χ2v) is 8.33. The Morgan fingerprint density at radius 1 is 0.941 bits per heavy atom. The largest absolute Gasteiger partial charge is 0.489 e. The van der Waals surface area contributed by atoms with Gasteiger partial charge in [0.25, 0.3) is 0 Å². The highest BCUT2D eigenvalue weighted by molar-refractivity contribution is 5.97. The highest BCUT2D eigenvalue weighted by atomic mass is 35.5. The van der Waals surface area contributed by atoms with Gasteiger partial charge in [0.05, 0.1) is 6.42 Å². The maximum Gasteiger partial charge on any atom is 0.321 e. The Morgan fingerprint density at radius 2 is 1.59 bits per heavy atom. The number of nitrogens with two attached hydrogens (primary N) is 1. The van der Waals surface area contributed by atoms with Crippen LogP contribution in [-0.2, 0) is 35.5 Å². The van der Waals surface area contributed by atoms with Crippen molar-refractivity contribution in [1.29, 1.82) is 0 Å². The lowest BCUT2D eigenvalue weighted by molar-refractivity contribution is -0.140. The molecule has 0 spiro atoms. The number of carboxylic acid groups (broad SMARTS) is 1. The van der Waals surface area contributed by atoms with Crippen molar-refractivity contribution in [2.24, 2.45) is 5.73 Å². The van der Waals surface area contributed by atoms with Gasteiger partial charge in [0.15, 0.2) is 0 Å². The van der Waals surface area contributed by atoms with E-state index in [0.29, 0.717) is 19.6 Å². The van der Waals surface area contributed by atoms with Crippen molar-refractivity contribution < 1.29 is 19.4 Å². The predicted molar refractivity (Wildman–Crippen MR) is 135 cm³/mol. The van der Waals surface area contributed by atoms with Gasteiger partial charge < -0.3 is 20.5 Å². The molecule has 0 saturated heterocycles. The molecule has 1 aliphatic rings. The van der Waals surface area contributed by atoms with Gasteiger partial charge in [-0.2, -0.15) is 0 Å². The molecule has 3 aromatic rings.